The van der Waals surface area contributed by atoms with Gasteiger partial charge in [0.15, 0.2) is 5.69 Å². The zero-order chi connectivity index (χ0) is 16.1. The summed E-state index contributed by atoms with van der Waals surface area (Å²) in [5.41, 5.74) is 0.284. The smallest absolute Gasteiger partial charge is 0.272 e. The van der Waals surface area contributed by atoms with Crippen molar-refractivity contribution in [1.82, 2.24) is 15.5 Å². The number of carbonyl (C=O) groups excluding carboxylic acids is 1. The van der Waals surface area contributed by atoms with Crippen molar-refractivity contribution in [2.24, 2.45) is 0 Å². The van der Waals surface area contributed by atoms with Crippen molar-refractivity contribution in [3.8, 4) is 11.6 Å². The van der Waals surface area contributed by atoms with Gasteiger partial charge in [-0.15, -0.1) is 10.2 Å². The Labute approximate surface area is 147 Å². The largest absolute Gasteiger partial charge is 0.438 e. The number of hydrogen-bond acceptors (Lipinski definition) is 5. The maximum atomic E-state index is 12.1. The minimum atomic E-state index is -0.217. The summed E-state index contributed by atoms with van der Waals surface area (Å²) < 4.78 is 12.0. The third kappa shape index (κ3) is 4.61. The highest BCUT2D eigenvalue weighted by molar-refractivity contribution is 14.1. The molecule has 0 spiro atoms. The van der Waals surface area contributed by atoms with Gasteiger partial charge in [-0.2, -0.15) is 0 Å². The number of carbonyl (C=O) groups is 1. The minimum absolute atomic E-state index is 0.140. The third-order valence-electron chi connectivity index (χ3n) is 3.47. The molecular weight excluding hydrogens is 409 g/mol. The Balaban J connectivity index is 1.59. The van der Waals surface area contributed by atoms with Crippen LogP contribution in [0.5, 0.6) is 11.6 Å². The Morgan fingerprint density at radius 2 is 1.87 bits per heavy atom. The van der Waals surface area contributed by atoms with Gasteiger partial charge in [0.1, 0.15) is 5.75 Å². The van der Waals surface area contributed by atoms with Gasteiger partial charge in [-0.05, 0) is 65.8 Å². The second kappa shape index (κ2) is 7.69. The highest BCUT2D eigenvalue weighted by Gasteiger charge is 2.18. The van der Waals surface area contributed by atoms with Gasteiger partial charge in [0, 0.05) is 28.9 Å². The van der Waals surface area contributed by atoms with Crippen LogP contribution in [0.4, 0.5) is 0 Å². The van der Waals surface area contributed by atoms with E-state index in [0.717, 1.165) is 16.4 Å². The molecule has 0 saturated carbocycles. The number of amides is 1. The number of nitrogens with one attached hydrogen (secondary N) is 1. The number of hydrogen-bond donors (Lipinski definition) is 1. The average Bonchev–Trinajstić information content (AvgIpc) is 2.58. The zero-order valence-corrected chi connectivity index (χ0v) is 14.5. The van der Waals surface area contributed by atoms with Gasteiger partial charge in [-0.1, -0.05) is 0 Å². The molecule has 0 unspecified atom stereocenters. The molecule has 7 heteroatoms. The van der Waals surface area contributed by atoms with Crippen LogP contribution in [0, 0.1) is 3.57 Å². The fraction of sp³-hybridized carbons (Fsp3) is 0.312. The van der Waals surface area contributed by atoms with Gasteiger partial charge >= 0.3 is 0 Å². The molecule has 1 saturated heterocycles. The van der Waals surface area contributed by atoms with Crippen LogP contribution < -0.4 is 10.1 Å². The van der Waals surface area contributed by atoms with Crippen LogP contribution in [0.1, 0.15) is 23.3 Å². The normalized spacial score (nSPS) is 15.2. The molecule has 1 aromatic heterocycles. The maximum Gasteiger partial charge on any atom is 0.272 e. The lowest BCUT2D eigenvalue weighted by Crippen LogP contribution is -2.39. The molecule has 0 radical (unpaired) electrons. The van der Waals surface area contributed by atoms with Crippen molar-refractivity contribution in [3.63, 3.8) is 0 Å². The van der Waals surface area contributed by atoms with Crippen LogP contribution in [-0.4, -0.2) is 35.4 Å². The number of nitrogens with zero attached hydrogens (tertiary/aromatic N) is 2. The fourth-order valence-electron chi connectivity index (χ4n) is 2.22. The van der Waals surface area contributed by atoms with E-state index in [1.807, 2.05) is 24.3 Å². The summed E-state index contributed by atoms with van der Waals surface area (Å²) in [4.78, 5) is 12.1. The van der Waals surface area contributed by atoms with Crippen molar-refractivity contribution in [2.75, 3.05) is 13.2 Å². The molecule has 2 aromatic rings. The number of ether oxygens (including phenoxy) is 2. The molecule has 1 aliphatic heterocycles. The summed E-state index contributed by atoms with van der Waals surface area (Å²) in [6, 6.07) is 11.0. The first-order valence-electron chi connectivity index (χ1n) is 7.36. The van der Waals surface area contributed by atoms with Crippen molar-refractivity contribution in [2.45, 2.75) is 18.9 Å². The molecule has 1 N–H and O–H groups in total. The van der Waals surface area contributed by atoms with Crippen LogP contribution in [-0.2, 0) is 4.74 Å². The van der Waals surface area contributed by atoms with Gasteiger partial charge < -0.3 is 14.8 Å². The first-order valence-corrected chi connectivity index (χ1v) is 8.44. The Kier molecular flexibility index (Phi) is 5.39. The molecule has 1 aliphatic rings. The molecule has 1 aromatic carbocycles. The van der Waals surface area contributed by atoms with Crippen LogP contribution in [0.15, 0.2) is 36.4 Å². The molecule has 120 valence electrons. The van der Waals surface area contributed by atoms with E-state index in [4.69, 9.17) is 9.47 Å². The number of benzene rings is 1. The van der Waals surface area contributed by atoms with Gasteiger partial charge in [-0.25, -0.2) is 0 Å². The molecule has 0 bridgehead atoms. The number of halogens is 1. The molecule has 23 heavy (non-hydrogen) atoms. The molecule has 1 amide bonds. The second-order valence-corrected chi connectivity index (χ2v) is 6.42. The Morgan fingerprint density at radius 1 is 1.13 bits per heavy atom. The quantitative estimate of drug-likeness (QED) is 0.763. The molecule has 0 atom stereocenters. The number of aromatic nitrogens is 2. The maximum absolute atomic E-state index is 12.1. The monoisotopic (exact) mass is 425 g/mol. The predicted molar refractivity (Wildman–Crippen MR) is 92.6 cm³/mol. The van der Waals surface area contributed by atoms with Crippen molar-refractivity contribution < 1.29 is 14.3 Å². The summed E-state index contributed by atoms with van der Waals surface area (Å²) in [6.45, 7) is 1.36. The summed E-state index contributed by atoms with van der Waals surface area (Å²) >= 11 is 2.23. The SMILES string of the molecule is O=C(NC1CCOCC1)c1ccc(Oc2ccc(I)cc2)nn1. The zero-order valence-electron chi connectivity index (χ0n) is 12.4. The predicted octanol–water partition coefficient (Wildman–Crippen LogP) is 2.78. The Bertz CT molecular complexity index is 655. The van der Waals surface area contributed by atoms with Gasteiger partial charge in [-0.3, -0.25) is 4.79 Å². The van der Waals surface area contributed by atoms with Crippen molar-refractivity contribution >= 4 is 28.5 Å². The lowest BCUT2D eigenvalue weighted by Gasteiger charge is -2.22. The van der Waals surface area contributed by atoms with Crippen LogP contribution in [0.25, 0.3) is 0 Å². The second-order valence-electron chi connectivity index (χ2n) is 5.17. The molecule has 3 rings (SSSR count). The van der Waals surface area contributed by atoms with E-state index >= 15 is 0 Å². The third-order valence-corrected chi connectivity index (χ3v) is 4.18. The van der Waals surface area contributed by atoms with Crippen LogP contribution in [0.3, 0.4) is 0 Å². The van der Waals surface area contributed by atoms with Gasteiger partial charge in [0.05, 0.1) is 0 Å². The van der Waals surface area contributed by atoms with Gasteiger partial charge in [0.2, 0.25) is 5.88 Å². The van der Waals surface area contributed by atoms with E-state index in [-0.39, 0.29) is 17.6 Å². The Morgan fingerprint density at radius 3 is 2.52 bits per heavy atom. The lowest BCUT2D eigenvalue weighted by molar-refractivity contribution is 0.0693. The van der Waals surface area contributed by atoms with E-state index in [2.05, 4.69) is 38.1 Å². The standard InChI is InChI=1S/C16H16IN3O3/c17-11-1-3-13(4-2-11)23-15-6-5-14(19-20-15)16(21)18-12-7-9-22-10-8-12/h1-6,12H,7-10H2,(H,18,21). The summed E-state index contributed by atoms with van der Waals surface area (Å²) in [5, 5.41) is 10.8. The molecule has 0 aliphatic carbocycles. The molecule has 6 nitrogen and oxygen atoms in total. The van der Waals surface area contributed by atoms with Gasteiger partial charge in [0.25, 0.3) is 5.91 Å². The molecule has 1 fully saturated rings. The van der Waals surface area contributed by atoms with Crippen molar-refractivity contribution in [1.29, 1.82) is 0 Å². The molecular formula is C16H16IN3O3. The topological polar surface area (TPSA) is 73.3 Å². The first kappa shape index (κ1) is 16.1. The van der Waals surface area contributed by atoms with E-state index in [1.54, 1.807) is 12.1 Å². The summed E-state index contributed by atoms with van der Waals surface area (Å²) in [5.74, 6) is 0.818. The van der Waals surface area contributed by atoms with Crippen LogP contribution >= 0.6 is 22.6 Å². The van der Waals surface area contributed by atoms with Crippen molar-refractivity contribution in [3.05, 3.63) is 45.7 Å². The highest BCUT2D eigenvalue weighted by atomic mass is 127. The van der Waals surface area contributed by atoms with E-state index in [9.17, 15) is 4.79 Å². The fourth-order valence-corrected chi connectivity index (χ4v) is 2.58. The van der Waals surface area contributed by atoms with E-state index in [1.165, 1.54) is 0 Å². The molecule has 2 heterocycles. The van der Waals surface area contributed by atoms with E-state index < -0.39 is 0 Å². The first-order chi connectivity index (χ1) is 11.2. The number of rotatable bonds is 4. The minimum Gasteiger partial charge on any atom is -0.438 e. The highest BCUT2D eigenvalue weighted by Crippen LogP contribution is 2.19. The summed E-state index contributed by atoms with van der Waals surface area (Å²) in [6.07, 6.45) is 1.65. The average molecular weight is 425 g/mol. The van der Waals surface area contributed by atoms with E-state index in [0.29, 0.717) is 24.8 Å². The summed E-state index contributed by atoms with van der Waals surface area (Å²) in [7, 11) is 0. The van der Waals surface area contributed by atoms with Crippen LogP contribution in [0.2, 0.25) is 0 Å². The lowest BCUT2D eigenvalue weighted by atomic mass is 10.1. The Hall–Kier alpha value is -1.74.